The minimum atomic E-state index is 0.104. The van der Waals surface area contributed by atoms with Crippen molar-refractivity contribution in [1.82, 2.24) is 5.32 Å². The van der Waals surface area contributed by atoms with Crippen molar-refractivity contribution in [2.24, 2.45) is 0 Å². The van der Waals surface area contributed by atoms with Crippen LogP contribution in [-0.2, 0) is 0 Å². The molecule has 0 bridgehead atoms. The molecule has 19 heavy (non-hydrogen) atoms. The van der Waals surface area contributed by atoms with Gasteiger partial charge in [0.1, 0.15) is 17.1 Å². The van der Waals surface area contributed by atoms with Gasteiger partial charge in [-0.25, -0.2) is 0 Å². The number of methoxy groups -OCH3 is 1. The highest BCUT2D eigenvalue weighted by Crippen LogP contribution is 2.49. The Hall–Kier alpha value is -1.22. The number of hydrogen-bond acceptors (Lipinski definition) is 3. The lowest BCUT2D eigenvalue weighted by atomic mass is 9.73. The van der Waals surface area contributed by atoms with E-state index in [0.717, 1.165) is 30.9 Å². The van der Waals surface area contributed by atoms with Gasteiger partial charge in [-0.15, -0.1) is 0 Å². The summed E-state index contributed by atoms with van der Waals surface area (Å²) in [4.78, 5) is 0. The Morgan fingerprint density at radius 2 is 2.26 bits per heavy atom. The molecular formula is C16H23NO2. The molecule has 0 radical (unpaired) electrons. The number of fused-ring (bicyclic) bond motifs is 1. The average molecular weight is 261 g/mol. The van der Waals surface area contributed by atoms with E-state index in [9.17, 15) is 0 Å². The SMILES string of the molecule is CCCNC1CC2(CCC2)Oc2ccc(OC)cc21. The summed E-state index contributed by atoms with van der Waals surface area (Å²) < 4.78 is 11.6. The van der Waals surface area contributed by atoms with Crippen LogP contribution in [0.25, 0.3) is 0 Å². The van der Waals surface area contributed by atoms with E-state index in [1.54, 1.807) is 7.11 Å². The molecule has 1 aromatic rings. The first-order chi connectivity index (χ1) is 9.26. The molecule has 3 rings (SSSR count). The highest BCUT2D eigenvalue weighted by molar-refractivity contribution is 5.44. The molecule has 1 atom stereocenters. The molecule has 1 unspecified atom stereocenters. The number of hydrogen-bond donors (Lipinski definition) is 1. The van der Waals surface area contributed by atoms with E-state index < -0.39 is 0 Å². The first-order valence-corrected chi connectivity index (χ1v) is 7.37. The molecule has 1 N–H and O–H groups in total. The van der Waals surface area contributed by atoms with Crippen LogP contribution < -0.4 is 14.8 Å². The summed E-state index contributed by atoms with van der Waals surface area (Å²) >= 11 is 0. The molecule has 1 aliphatic heterocycles. The quantitative estimate of drug-likeness (QED) is 0.900. The summed E-state index contributed by atoms with van der Waals surface area (Å²) in [7, 11) is 1.72. The van der Waals surface area contributed by atoms with Gasteiger partial charge in [-0.05, 0) is 50.4 Å². The van der Waals surface area contributed by atoms with Crippen LogP contribution in [-0.4, -0.2) is 19.3 Å². The van der Waals surface area contributed by atoms with E-state index in [2.05, 4.69) is 24.4 Å². The van der Waals surface area contributed by atoms with Crippen LogP contribution in [0.1, 0.15) is 50.6 Å². The standard InChI is InChI=1S/C16H23NO2/c1-3-9-17-14-11-16(7-4-8-16)19-15-6-5-12(18-2)10-13(14)15/h5-6,10,14,17H,3-4,7-9,11H2,1-2H3. The highest BCUT2D eigenvalue weighted by atomic mass is 16.5. The largest absolute Gasteiger partial charge is 0.497 e. The van der Waals surface area contributed by atoms with Crippen LogP contribution >= 0.6 is 0 Å². The topological polar surface area (TPSA) is 30.5 Å². The molecule has 1 spiro atoms. The molecular weight excluding hydrogens is 238 g/mol. The van der Waals surface area contributed by atoms with E-state index in [-0.39, 0.29) is 5.60 Å². The number of ether oxygens (including phenoxy) is 2. The predicted molar refractivity (Wildman–Crippen MR) is 75.9 cm³/mol. The Labute approximate surface area is 115 Å². The van der Waals surface area contributed by atoms with Crippen LogP contribution in [0.5, 0.6) is 11.5 Å². The lowest BCUT2D eigenvalue weighted by molar-refractivity contribution is -0.0369. The molecule has 1 aromatic carbocycles. The molecule has 1 saturated carbocycles. The summed E-state index contributed by atoms with van der Waals surface area (Å²) in [6.07, 6.45) is 5.94. The summed E-state index contributed by atoms with van der Waals surface area (Å²) in [6, 6.07) is 6.58. The number of nitrogens with one attached hydrogen (secondary N) is 1. The van der Waals surface area contributed by atoms with Crippen LogP contribution in [0.15, 0.2) is 18.2 Å². The smallest absolute Gasteiger partial charge is 0.125 e. The average Bonchev–Trinajstić information content (AvgIpc) is 2.42. The third-order valence-electron chi connectivity index (χ3n) is 4.40. The third-order valence-corrected chi connectivity index (χ3v) is 4.40. The van der Waals surface area contributed by atoms with Gasteiger partial charge < -0.3 is 14.8 Å². The van der Waals surface area contributed by atoms with Gasteiger partial charge >= 0.3 is 0 Å². The summed E-state index contributed by atoms with van der Waals surface area (Å²) in [5.74, 6) is 1.95. The first-order valence-electron chi connectivity index (χ1n) is 7.37. The van der Waals surface area contributed by atoms with Gasteiger partial charge in [0.05, 0.1) is 7.11 Å². The molecule has 1 aliphatic carbocycles. The maximum Gasteiger partial charge on any atom is 0.125 e. The van der Waals surface area contributed by atoms with Crippen molar-refractivity contribution < 1.29 is 9.47 Å². The van der Waals surface area contributed by atoms with Crippen molar-refractivity contribution >= 4 is 0 Å². The van der Waals surface area contributed by atoms with Gasteiger partial charge in [-0.2, -0.15) is 0 Å². The molecule has 104 valence electrons. The van der Waals surface area contributed by atoms with E-state index in [0.29, 0.717) is 6.04 Å². The van der Waals surface area contributed by atoms with Gasteiger partial charge in [-0.1, -0.05) is 6.92 Å². The maximum absolute atomic E-state index is 6.27. The Kier molecular flexibility index (Phi) is 3.40. The normalized spacial score (nSPS) is 23.4. The van der Waals surface area contributed by atoms with Gasteiger partial charge in [0.2, 0.25) is 0 Å². The van der Waals surface area contributed by atoms with Gasteiger partial charge in [-0.3, -0.25) is 0 Å². The Bertz CT molecular complexity index is 454. The van der Waals surface area contributed by atoms with Crippen LogP contribution in [0, 0.1) is 0 Å². The minimum Gasteiger partial charge on any atom is -0.497 e. The molecule has 3 heteroatoms. The monoisotopic (exact) mass is 261 g/mol. The Morgan fingerprint density at radius 1 is 1.42 bits per heavy atom. The lowest BCUT2D eigenvalue weighted by Crippen LogP contribution is -2.49. The molecule has 1 fully saturated rings. The second kappa shape index (κ2) is 5.04. The zero-order valence-electron chi connectivity index (χ0n) is 11.9. The fraction of sp³-hybridized carbons (Fsp3) is 0.625. The second-order valence-corrected chi connectivity index (χ2v) is 5.75. The maximum atomic E-state index is 6.27. The minimum absolute atomic E-state index is 0.104. The zero-order valence-corrected chi connectivity index (χ0v) is 11.9. The predicted octanol–water partition coefficient (Wildman–Crippen LogP) is 3.44. The van der Waals surface area contributed by atoms with Crippen molar-refractivity contribution in [1.29, 1.82) is 0 Å². The van der Waals surface area contributed by atoms with Crippen LogP contribution in [0.4, 0.5) is 0 Å². The summed E-state index contributed by atoms with van der Waals surface area (Å²) in [5, 5.41) is 3.67. The van der Waals surface area contributed by atoms with Gasteiger partial charge in [0.25, 0.3) is 0 Å². The summed E-state index contributed by atoms with van der Waals surface area (Å²) in [5.41, 5.74) is 1.36. The zero-order chi connectivity index (χ0) is 13.3. The van der Waals surface area contributed by atoms with Crippen LogP contribution in [0.2, 0.25) is 0 Å². The van der Waals surface area contributed by atoms with Crippen molar-refractivity contribution in [3.63, 3.8) is 0 Å². The molecule has 2 aliphatic rings. The molecule has 1 heterocycles. The van der Waals surface area contributed by atoms with E-state index in [1.165, 1.54) is 24.8 Å². The number of benzene rings is 1. The van der Waals surface area contributed by atoms with E-state index in [1.807, 2.05) is 6.07 Å². The number of rotatable bonds is 4. The second-order valence-electron chi connectivity index (χ2n) is 5.75. The van der Waals surface area contributed by atoms with Crippen molar-refractivity contribution in [2.75, 3.05) is 13.7 Å². The van der Waals surface area contributed by atoms with Crippen LogP contribution in [0.3, 0.4) is 0 Å². The third kappa shape index (κ3) is 2.32. The fourth-order valence-corrected chi connectivity index (χ4v) is 3.15. The molecule has 0 amide bonds. The first kappa shape index (κ1) is 12.8. The van der Waals surface area contributed by atoms with E-state index >= 15 is 0 Å². The van der Waals surface area contributed by atoms with Gasteiger partial charge in [0.15, 0.2) is 0 Å². The fourth-order valence-electron chi connectivity index (χ4n) is 3.15. The highest BCUT2D eigenvalue weighted by Gasteiger charge is 2.45. The molecule has 3 nitrogen and oxygen atoms in total. The van der Waals surface area contributed by atoms with Crippen molar-refractivity contribution in [3.8, 4) is 11.5 Å². The van der Waals surface area contributed by atoms with Gasteiger partial charge in [0, 0.05) is 18.0 Å². The Morgan fingerprint density at radius 3 is 2.89 bits per heavy atom. The summed E-state index contributed by atoms with van der Waals surface area (Å²) in [6.45, 7) is 3.26. The van der Waals surface area contributed by atoms with Crippen molar-refractivity contribution in [3.05, 3.63) is 23.8 Å². The molecule has 0 saturated heterocycles. The lowest BCUT2D eigenvalue weighted by Gasteiger charge is -2.48. The van der Waals surface area contributed by atoms with Crippen molar-refractivity contribution in [2.45, 2.75) is 50.7 Å². The Balaban J connectivity index is 1.90. The van der Waals surface area contributed by atoms with E-state index in [4.69, 9.17) is 9.47 Å². The molecule has 0 aromatic heterocycles.